The highest BCUT2D eigenvalue weighted by atomic mass is 32.2. The molecule has 0 unspecified atom stereocenters. The van der Waals surface area contributed by atoms with Crippen LogP contribution in [0.15, 0.2) is 48.5 Å². The summed E-state index contributed by atoms with van der Waals surface area (Å²) in [7, 11) is -5.57. The van der Waals surface area contributed by atoms with Crippen molar-refractivity contribution >= 4 is 37.3 Å². The lowest BCUT2D eigenvalue weighted by Gasteiger charge is -2.30. The number of carbonyl (C=O) groups is 1. The predicted octanol–water partition coefficient (Wildman–Crippen LogP) is 2.40. The molecule has 0 atom stereocenters. The Morgan fingerprint density at radius 3 is 2.31 bits per heavy atom. The number of nitrogens with one attached hydrogen (secondary N) is 1. The van der Waals surface area contributed by atoms with Crippen LogP contribution in [-0.4, -0.2) is 53.4 Å². The molecule has 8 nitrogen and oxygen atoms in total. The summed E-state index contributed by atoms with van der Waals surface area (Å²) in [6, 6.07) is 11.9. The van der Waals surface area contributed by atoms with Crippen molar-refractivity contribution in [2.24, 2.45) is 5.92 Å². The second-order valence-electron chi connectivity index (χ2n) is 7.83. The van der Waals surface area contributed by atoms with E-state index in [4.69, 9.17) is 0 Å². The Morgan fingerprint density at radius 1 is 1.09 bits per heavy atom. The molecule has 11 heteroatoms. The highest BCUT2D eigenvalue weighted by Gasteiger charge is 2.31. The van der Waals surface area contributed by atoms with Crippen LogP contribution < -0.4 is 9.62 Å². The third-order valence-electron chi connectivity index (χ3n) is 5.46. The van der Waals surface area contributed by atoms with Gasteiger partial charge in [-0.15, -0.1) is 0 Å². The summed E-state index contributed by atoms with van der Waals surface area (Å²) < 4.78 is 64.3. The van der Waals surface area contributed by atoms with Crippen LogP contribution in [0.4, 0.5) is 15.8 Å². The van der Waals surface area contributed by atoms with Crippen LogP contribution in [-0.2, 0) is 30.6 Å². The summed E-state index contributed by atoms with van der Waals surface area (Å²) in [5, 5.41) is 2.79. The van der Waals surface area contributed by atoms with Gasteiger partial charge in [0.1, 0.15) is 5.82 Å². The van der Waals surface area contributed by atoms with Gasteiger partial charge in [0.05, 0.1) is 17.7 Å². The van der Waals surface area contributed by atoms with E-state index in [-0.39, 0.29) is 30.7 Å². The number of rotatable bonds is 7. The summed E-state index contributed by atoms with van der Waals surface area (Å²) >= 11 is 0. The van der Waals surface area contributed by atoms with Crippen molar-refractivity contribution in [2.45, 2.75) is 18.6 Å². The number of halogens is 1. The Bertz CT molecular complexity index is 1180. The molecule has 0 radical (unpaired) electrons. The molecule has 1 aliphatic heterocycles. The van der Waals surface area contributed by atoms with Gasteiger partial charge in [0.15, 0.2) is 0 Å². The van der Waals surface area contributed by atoms with Gasteiger partial charge in [0.25, 0.3) is 0 Å². The molecule has 2 aromatic carbocycles. The van der Waals surface area contributed by atoms with E-state index in [2.05, 4.69) is 5.32 Å². The average molecular weight is 484 g/mol. The molecule has 1 aliphatic rings. The van der Waals surface area contributed by atoms with Crippen LogP contribution in [0.3, 0.4) is 0 Å². The van der Waals surface area contributed by atoms with E-state index in [0.717, 1.165) is 10.6 Å². The first kappa shape index (κ1) is 24.1. The first-order valence-corrected chi connectivity index (χ1v) is 13.5. The molecule has 3 rings (SSSR count). The molecule has 1 amide bonds. The van der Waals surface area contributed by atoms with Crippen LogP contribution in [0.2, 0.25) is 0 Å². The van der Waals surface area contributed by atoms with E-state index >= 15 is 0 Å². The number of benzene rings is 2. The topological polar surface area (TPSA) is 104 Å². The van der Waals surface area contributed by atoms with E-state index in [1.54, 1.807) is 24.3 Å². The molecule has 0 bridgehead atoms. The largest absolute Gasteiger partial charge is 0.326 e. The van der Waals surface area contributed by atoms with E-state index in [1.165, 1.54) is 35.6 Å². The van der Waals surface area contributed by atoms with E-state index in [9.17, 15) is 26.0 Å². The molecule has 0 aliphatic carbocycles. The summed E-state index contributed by atoms with van der Waals surface area (Å²) in [6.07, 6.45) is 1.84. The number of hydrogen-bond acceptors (Lipinski definition) is 5. The molecule has 2 aromatic rings. The van der Waals surface area contributed by atoms with Crippen LogP contribution in [0.1, 0.15) is 18.4 Å². The lowest BCUT2D eigenvalue weighted by atomic mass is 9.97. The smallest absolute Gasteiger partial charge is 0.231 e. The van der Waals surface area contributed by atoms with Gasteiger partial charge in [0, 0.05) is 31.7 Å². The average Bonchev–Trinajstić information content (AvgIpc) is 2.74. The van der Waals surface area contributed by atoms with Gasteiger partial charge >= 0.3 is 0 Å². The minimum Gasteiger partial charge on any atom is -0.326 e. The summed E-state index contributed by atoms with van der Waals surface area (Å²) in [6.45, 7) is 0.441. The van der Waals surface area contributed by atoms with Gasteiger partial charge in [-0.05, 0) is 48.7 Å². The second kappa shape index (κ2) is 9.55. The maximum atomic E-state index is 13.0. The Balaban J connectivity index is 1.58. The molecule has 0 aromatic heterocycles. The molecule has 1 fully saturated rings. The molecular weight excluding hydrogens is 457 g/mol. The quantitative estimate of drug-likeness (QED) is 0.651. The maximum absolute atomic E-state index is 13.0. The van der Waals surface area contributed by atoms with Crippen molar-refractivity contribution in [3.63, 3.8) is 0 Å². The number of sulfonamides is 2. The Hall–Kier alpha value is -2.50. The van der Waals surface area contributed by atoms with Crippen molar-refractivity contribution in [1.29, 1.82) is 0 Å². The van der Waals surface area contributed by atoms with E-state index in [1.807, 2.05) is 0 Å². The fourth-order valence-electron chi connectivity index (χ4n) is 3.49. The zero-order valence-corrected chi connectivity index (χ0v) is 19.5. The number of amides is 1. The SMILES string of the molecule is CN(c1cccc(NC(=O)C2CCN(S(=O)(=O)Cc3ccc(F)cc3)CC2)c1)S(C)(=O)=O. The zero-order valence-electron chi connectivity index (χ0n) is 17.9. The third kappa shape index (κ3) is 6.05. The molecule has 32 heavy (non-hydrogen) atoms. The predicted molar refractivity (Wildman–Crippen MR) is 122 cm³/mol. The van der Waals surface area contributed by atoms with Gasteiger partial charge in [-0.1, -0.05) is 18.2 Å². The fraction of sp³-hybridized carbons (Fsp3) is 0.381. The zero-order chi connectivity index (χ0) is 23.5. The Kier molecular flexibility index (Phi) is 7.21. The number of hydrogen-bond donors (Lipinski definition) is 1. The van der Waals surface area contributed by atoms with Crippen LogP contribution in [0.5, 0.6) is 0 Å². The van der Waals surface area contributed by atoms with Gasteiger partial charge in [-0.2, -0.15) is 0 Å². The molecule has 174 valence electrons. The van der Waals surface area contributed by atoms with Crippen molar-refractivity contribution in [1.82, 2.24) is 4.31 Å². The monoisotopic (exact) mass is 483 g/mol. The summed E-state index contributed by atoms with van der Waals surface area (Å²) in [4.78, 5) is 12.7. The molecule has 1 saturated heterocycles. The highest BCUT2D eigenvalue weighted by molar-refractivity contribution is 7.92. The van der Waals surface area contributed by atoms with Crippen LogP contribution in [0, 0.1) is 11.7 Å². The minimum absolute atomic E-state index is 0.217. The summed E-state index contributed by atoms with van der Waals surface area (Å²) in [5.41, 5.74) is 1.39. The first-order chi connectivity index (χ1) is 15.0. The molecule has 1 heterocycles. The van der Waals surface area contributed by atoms with Gasteiger partial charge in [-0.25, -0.2) is 25.5 Å². The first-order valence-electron chi connectivity index (χ1n) is 10.0. The number of carbonyl (C=O) groups excluding carboxylic acids is 1. The normalized spacial score (nSPS) is 16.0. The van der Waals surface area contributed by atoms with Crippen LogP contribution >= 0.6 is 0 Å². The lowest BCUT2D eigenvalue weighted by Crippen LogP contribution is -2.41. The van der Waals surface area contributed by atoms with E-state index < -0.39 is 25.9 Å². The van der Waals surface area contributed by atoms with Gasteiger partial charge < -0.3 is 5.32 Å². The third-order valence-corrected chi connectivity index (χ3v) is 8.51. The molecule has 1 N–H and O–H groups in total. The number of anilines is 2. The minimum atomic E-state index is -3.57. The highest BCUT2D eigenvalue weighted by Crippen LogP contribution is 2.25. The Labute approximate surface area is 188 Å². The van der Waals surface area contributed by atoms with Crippen molar-refractivity contribution in [3.8, 4) is 0 Å². The van der Waals surface area contributed by atoms with E-state index in [0.29, 0.717) is 29.8 Å². The van der Waals surface area contributed by atoms with Crippen molar-refractivity contribution < 1.29 is 26.0 Å². The molecule has 0 spiro atoms. The standard InChI is InChI=1S/C21H26FN3O5S2/c1-24(31(2,27)28)20-5-3-4-19(14-20)23-21(26)17-10-12-25(13-11-17)32(29,30)15-16-6-8-18(22)9-7-16/h3-9,14,17H,10-13,15H2,1-2H3,(H,23,26). The number of nitrogens with zero attached hydrogens (tertiary/aromatic N) is 2. The van der Waals surface area contributed by atoms with Crippen molar-refractivity contribution in [2.75, 3.05) is 36.0 Å². The lowest BCUT2D eigenvalue weighted by molar-refractivity contribution is -0.120. The molecular formula is C21H26FN3O5S2. The molecule has 0 saturated carbocycles. The maximum Gasteiger partial charge on any atom is 0.231 e. The van der Waals surface area contributed by atoms with Crippen molar-refractivity contribution in [3.05, 3.63) is 59.9 Å². The summed E-state index contributed by atoms with van der Waals surface area (Å²) in [5.74, 6) is -1.24. The number of piperidine rings is 1. The Morgan fingerprint density at radius 2 is 1.72 bits per heavy atom. The van der Waals surface area contributed by atoms with Gasteiger partial charge in [0.2, 0.25) is 26.0 Å². The fourth-order valence-corrected chi connectivity index (χ4v) is 5.55. The second-order valence-corrected chi connectivity index (χ2v) is 11.8. The van der Waals surface area contributed by atoms with Gasteiger partial charge in [-0.3, -0.25) is 9.10 Å². The van der Waals surface area contributed by atoms with Crippen LogP contribution in [0.25, 0.3) is 0 Å².